The Hall–Kier alpha value is -1.62. The van der Waals surface area contributed by atoms with E-state index >= 15 is 4.39 Å². The minimum Gasteiger partial charge on any atom is -0.453 e. The van der Waals surface area contributed by atoms with Gasteiger partial charge < -0.3 is 20.8 Å². The van der Waals surface area contributed by atoms with Crippen LogP contribution in [0.4, 0.5) is 10.1 Å². The number of H-pyrrole nitrogens is 1. The highest BCUT2D eigenvalue weighted by molar-refractivity contribution is 9.13. The first-order chi connectivity index (χ1) is 13.7. The summed E-state index contributed by atoms with van der Waals surface area (Å²) in [4.78, 5) is 19.3. The fraction of sp³-hybridized carbons (Fsp3) is 0.111. The summed E-state index contributed by atoms with van der Waals surface area (Å²) >= 11 is 15.9. The molecule has 0 aliphatic carbocycles. The quantitative estimate of drug-likeness (QED) is 0.240. The number of hydrogen-bond donors (Lipinski definition) is 3. The van der Waals surface area contributed by atoms with Gasteiger partial charge in [-0.05, 0) is 72.9 Å². The maximum Gasteiger partial charge on any atom is 0.272 e. The third-order valence-corrected chi connectivity index (χ3v) is 6.47. The van der Waals surface area contributed by atoms with Crippen LogP contribution >= 0.6 is 59.4 Å². The number of ether oxygens (including phenoxy) is 1. The lowest BCUT2D eigenvalue weighted by atomic mass is 10.2. The van der Waals surface area contributed by atoms with Gasteiger partial charge in [0.25, 0.3) is 5.91 Å². The van der Waals surface area contributed by atoms with E-state index in [1.54, 1.807) is 19.1 Å². The highest BCUT2D eigenvalue weighted by Crippen LogP contribution is 2.40. The second-order valence-electron chi connectivity index (χ2n) is 5.96. The molecule has 0 fully saturated rings. The first-order valence-corrected chi connectivity index (χ1v) is 10.8. The molecular formula is C18H13Br3ClFN4O2. The molecule has 0 unspecified atom stereocenters. The normalized spacial score (nSPS) is 10.8. The number of aromatic nitrogens is 2. The minimum absolute atomic E-state index is 0.0675. The molecule has 11 heteroatoms. The van der Waals surface area contributed by atoms with Crippen LogP contribution in [0.1, 0.15) is 21.9 Å². The number of nitrogen functional groups attached to an aromatic ring is 1. The Labute approximate surface area is 195 Å². The van der Waals surface area contributed by atoms with Gasteiger partial charge in [0, 0.05) is 33.4 Å². The monoisotopic (exact) mass is 608 g/mol. The summed E-state index contributed by atoms with van der Waals surface area (Å²) in [5, 5.41) is 3.00. The molecule has 0 radical (unpaired) electrons. The molecule has 1 amide bonds. The highest BCUT2D eigenvalue weighted by atomic mass is 79.9. The molecule has 3 aromatic rings. The topological polar surface area (TPSA) is 93.0 Å². The molecule has 2 aromatic carbocycles. The van der Waals surface area contributed by atoms with Crippen molar-refractivity contribution >= 4 is 71.0 Å². The van der Waals surface area contributed by atoms with E-state index in [-0.39, 0.29) is 29.3 Å². The molecule has 6 nitrogen and oxygen atoms in total. The van der Waals surface area contributed by atoms with Crippen LogP contribution in [-0.4, -0.2) is 15.9 Å². The van der Waals surface area contributed by atoms with Crippen LogP contribution in [0.2, 0.25) is 5.02 Å². The van der Waals surface area contributed by atoms with Gasteiger partial charge in [0.15, 0.2) is 17.3 Å². The Balaban J connectivity index is 1.86. The predicted octanol–water partition coefficient (Wildman–Crippen LogP) is 6.10. The number of carbonyl (C=O) groups is 1. The van der Waals surface area contributed by atoms with Crippen molar-refractivity contribution in [2.45, 2.75) is 13.5 Å². The van der Waals surface area contributed by atoms with Gasteiger partial charge in [0.1, 0.15) is 16.2 Å². The SMILES string of the molecule is Cc1nc(C(=O)NCc2cc(Br)c(Br)c(Oc3cc(N)cc(Cl)c3)c2F)c(Br)[nH]1. The van der Waals surface area contributed by atoms with Crippen LogP contribution in [0.5, 0.6) is 11.5 Å². The Bertz CT molecular complexity index is 1090. The molecule has 0 aliphatic heterocycles. The van der Waals surface area contributed by atoms with E-state index in [4.69, 9.17) is 22.1 Å². The average Bonchev–Trinajstić information content (AvgIpc) is 2.98. The van der Waals surface area contributed by atoms with Crippen molar-refractivity contribution in [2.24, 2.45) is 0 Å². The number of benzene rings is 2. The zero-order valence-electron chi connectivity index (χ0n) is 14.7. The average molecular weight is 611 g/mol. The Kier molecular flexibility index (Phi) is 6.87. The van der Waals surface area contributed by atoms with Gasteiger partial charge >= 0.3 is 0 Å². The van der Waals surface area contributed by atoms with Crippen molar-refractivity contribution in [3.05, 3.63) is 65.7 Å². The van der Waals surface area contributed by atoms with E-state index in [2.05, 4.69) is 63.1 Å². The molecule has 3 rings (SSSR count). The zero-order chi connectivity index (χ0) is 21.3. The number of nitrogens with zero attached hydrogens (tertiary/aromatic N) is 1. The van der Waals surface area contributed by atoms with Crippen LogP contribution < -0.4 is 15.8 Å². The summed E-state index contributed by atoms with van der Waals surface area (Å²) in [7, 11) is 0. The molecule has 0 aliphatic rings. The van der Waals surface area contributed by atoms with E-state index in [0.29, 0.717) is 30.1 Å². The summed E-state index contributed by atoms with van der Waals surface area (Å²) in [6, 6.07) is 6.14. The molecule has 0 bridgehead atoms. The second-order valence-corrected chi connectivity index (χ2v) is 8.84. The van der Waals surface area contributed by atoms with E-state index in [1.165, 1.54) is 12.1 Å². The number of aryl methyl sites for hydroxylation is 1. The smallest absolute Gasteiger partial charge is 0.272 e. The summed E-state index contributed by atoms with van der Waals surface area (Å²) < 4.78 is 22.2. The summed E-state index contributed by atoms with van der Waals surface area (Å²) in [6.45, 7) is 1.64. The van der Waals surface area contributed by atoms with Gasteiger partial charge in [-0.25, -0.2) is 9.37 Å². The lowest BCUT2D eigenvalue weighted by Crippen LogP contribution is -2.24. The number of anilines is 1. The number of halogens is 5. The van der Waals surface area contributed by atoms with Crippen LogP contribution in [0.3, 0.4) is 0 Å². The molecule has 0 spiro atoms. The fourth-order valence-electron chi connectivity index (χ4n) is 2.48. The third kappa shape index (κ3) is 5.11. The lowest BCUT2D eigenvalue weighted by molar-refractivity contribution is 0.0945. The van der Waals surface area contributed by atoms with Crippen molar-refractivity contribution in [3.8, 4) is 11.5 Å². The number of amides is 1. The molecule has 152 valence electrons. The molecule has 4 N–H and O–H groups in total. The summed E-state index contributed by atoms with van der Waals surface area (Å²) in [5.74, 6) is -0.308. The van der Waals surface area contributed by atoms with Gasteiger partial charge in [-0.15, -0.1) is 0 Å². The van der Waals surface area contributed by atoms with E-state index in [1.807, 2.05) is 0 Å². The molecular weight excluding hydrogens is 598 g/mol. The molecule has 1 aromatic heterocycles. The van der Waals surface area contributed by atoms with Crippen molar-refractivity contribution < 1.29 is 13.9 Å². The Morgan fingerprint density at radius 1 is 1.31 bits per heavy atom. The first-order valence-electron chi connectivity index (χ1n) is 8.06. The number of nitrogens with two attached hydrogens (primary N) is 1. The van der Waals surface area contributed by atoms with E-state index in [9.17, 15) is 4.79 Å². The minimum atomic E-state index is -0.642. The standard InChI is InChI=1S/C18H13Br3ClFN4O2/c1-7-26-15(17(21)27-7)18(28)25-6-8-2-12(19)13(20)16(14(8)23)29-11-4-9(22)3-10(24)5-11/h2-5H,6,24H2,1H3,(H,25,28)(H,26,27). The van der Waals surface area contributed by atoms with Gasteiger partial charge in [0.05, 0.1) is 4.47 Å². The number of nitrogens with one attached hydrogen (secondary N) is 2. The maximum absolute atomic E-state index is 15.1. The lowest BCUT2D eigenvalue weighted by Gasteiger charge is -2.14. The van der Waals surface area contributed by atoms with E-state index < -0.39 is 11.7 Å². The summed E-state index contributed by atoms with van der Waals surface area (Å²) in [5.41, 5.74) is 6.54. The molecule has 0 saturated heterocycles. The Morgan fingerprint density at radius 3 is 2.66 bits per heavy atom. The number of carbonyl (C=O) groups excluding carboxylic acids is 1. The molecule has 0 atom stereocenters. The van der Waals surface area contributed by atoms with E-state index in [0.717, 1.165) is 0 Å². The van der Waals surface area contributed by atoms with Crippen molar-refractivity contribution in [2.75, 3.05) is 5.73 Å². The van der Waals surface area contributed by atoms with Crippen molar-refractivity contribution in [1.29, 1.82) is 0 Å². The maximum atomic E-state index is 15.1. The fourth-order valence-corrected chi connectivity index (χ4v) is 4.10. The van der Waals surface area contributed by atoms with Crippen molar-refractivity contribution in [3.63, 3.8) is 0 Å². The molecule has 0 saturated carbocycles. The van der Waals surface area contributed by atoms with Gasteiger partial charge in [-0.3, -0.25) is 4.79 Å². The number of aromatic amines is 1. The van der Waals surface area contributed by atoms with Crippen molar-refractivity contribution in [1.82, 2.24) is 15.3 Å². The number of hydrogen-bond acceptors (Lipinski definition) is 4. The second kappa shape index (κ2) is 9.03. The largest absolute Gasteiger partial charge is 0.453 e. The third-order valence-electron chi connectivity index (χ3n) is 3.74. The van der Waals surface area contributed by atoms with Crippen LogP contribution in [-0.2, 0) is 6.54 Å². The zero-order valence-corrected chi connectivity index (χ0v) is 20.3. The Morgan fingerprint density at radius 2 is 2.03 bits per heavy atom. The van der Waals surface area contributed by atoms with Crippen LogP contribution in [0.25, 0.3) is 0 Å². The van der Waals surface area contributed by atoms with Gasteiger partial charge in [-0.2, -0.15) is 0 Å². The van der Waals surface area contributed by atoms with Crippen LogP contribution in [0, 0.1) is 12.7 Å². The molecule has 29 heavy (non-hydrogen) atoms. The van der Waals surface area contributed by atoms with Gasteiger partial charge in [-0.1, -0.05) is 11.6 Å². The van der Waals surface area contributed by atoms with Gasteiger partial charge in [0.2, 0.25) is 0 Å². The van der Waals surface area contributed by atoms with Crippen LogP contribution in [0.15, 0.2) is 37.8 Å². The highest BCUT2D eigenvalue weighted by Gasteiger charge is 2.20. The predicted molar refractivity (Wildman–Crippen MR) is 120 cm³/mol. The number of imidazole rings is 1. The number of rotatable bonds is 5. The summed E-state index contributed by atoms with van der Waals surface area (Å²) in [6.07, 6.45) is 0. The first kappa shape index (κ1) is 22.1. The molecule has 1 heterocycles.